The summed E-state index contributed by atoms with van der Waals surface area (Å²) in [4.78, 5) is 26.4. The number of aromatic hydroxyl groups is 2. The third-order valence-electron chi connectivity index (χ3n) is 8.85. The highest BCUT2D eigenvalue weighted by atomic mass is 16.3. The van der Waals surface area contributed by atoms with E-state index in [4.69, 9.17) is 0 Å². The van der Waals surface area contributed by atoms with Crippen LogP contribution in [0, 0.1) is 28.1 Å². The molecule has 0 heterocycles. The third-order valence-corrected chi connectivity index (χ3v) is 8.85. The lowest BCUT2D eigenvalue weighted by Crippen LogP contribution is -2.66. The first kappa shape index (κ1) is 23.4. The molecule has 2 aliphatic carbocycles. The number of nitrogens with one attached hydrogen (secondary N) is 2. The lowest BCUT2D eigenvalue weighted by Gasteiger charge is -2.67. The number of rotatable bonds is 4. The summed E-state index contributed by atoms with van der Waals surface area (Å²) in [6, 6.07) is 3.74. The van der Waals surface area contributed by atoms with Gasteiger partial charge in [-0.2, -0.15) is 0 Å². The molecule has 0 saturated heterocycles. The molecule has 0 aliphatic heterocycles. The van der Waals surface area contributed by atoms with Crippen LogP contribution in [0.15, 0.2) is 18.2 Å². The van der Waals surface area contributed by atoms with E-state index in [1.54, 1.807) is 0 Å². The largest absolute Gasteiger partial charge is 0.508 e. The Labute approximate surface area is 185 Å². The van der Waals surface area contributed by atoms with E-state index < -0.39 is 0 Å². The summed E-state index contributed by atoms with van der Waals surface area (Å²) in [6.45, 7) is 13.6. The number of phenols is 2. The minimum absolute atomic E-state index is 0.000792. The lowest BCUT2D eigenvalue weighted by atomic mass is 9.38. The number of hydrogen-bond donors (Lipinski definition) is 4. The lowest BCUT2D eigenvalue weighted by molar-refractivity contribution is -0.162. The van der Waals surface area contributed by atoms with Crippen molar-refractivity contribution >= 4 is 11.8 Å². The standard InChI is InChI=1S/C25H38N2O4/c1-7-26-22(31)27-19-14-25(6)23(3,4)9-8-10-24(25,5)20(15(19)2)21(30)16-11-17(28)13-18(29)12-16/h11-13,15,19-20,28-29H,7-10,14H2,1-6H3,(H2,26,27,31)/t15-,19-,20-,24-,25+/m1/s1. The molecule has 2 amide bonds. The van der Waals surface area contributed by atoms with Gasteiger partial charge >= 0.3 is 6.03 Å². The second kappa shape index (κ2) is 8.03. The number of amides is 2. The van der Waals surface area contributed by atoms with Gasteiger partial charge in [-0.25, -0.2) is 4.79 Å². The zero-order valence-electron chi connectivity index (χ0n) is 19.7. The number of ketones is 1. The summed E-state index contributed by atoms with van der Waals surface area (Å²) < 4.78 is 0. The van der Waals surface area contributed by atoms with E-state index in [1.165, 1.54) is 18.2 Å². The van der Waals surface area contributed by atoms with E-state index >= 15 is 0 Å². The molecule has 2 aliphatic rings. The average Bonchev–Trinajstić information content (AvgIpc) is 2.64. The van der Waals surface area contributed by atoms with Crippen LogP contribution < -0.4 is 10.6 Å². The second-order valence-electron chi connectivity index (χ2n) is 10.7. The zero-order valence-corrected chi connectivity index (χ0v) is 19.7. The van der Waals surface area contributed by atoms with Crippen LogP contribution in [0.5, 0.6) is 11.5 Å². The highest BCUT2D eigenvalue weighted by Crippen LogP contribution is 2.68. The van der Waals surface area contributed by atoms with Crippen molar-refractivity contribution in [3.05, 3.63) is 23.8 Å². The van der Waals surface area contributed by atoms with Gasteiger partial charge in [-0.1, -0.05) is 41.0 Å². The Hall–Kier alpha value is -2.24. The zero-order chi connectivity index (χ0) is 23.2. The fraction of sp³-hybridized carbons (Fsp3) is 0.680. The summed E-state index contributed by atoms with van der Waals surface area (Å²) >= 11 is 0. The quantitative estimate of drug-likeness (QED) is 0.513. The van der Waals surface area contributed by atoms with Gasteiger partial charge in [0.1, 0.15) is 11.5 Å². The Morgan fingerprint density at radius 2 is 1.68 bits per heavy atom. The molecule has 1 aromatic carbocycles. The van der Waals surface area contributed by atoms with Crippen LogP contribution >= 0.6 is 0 Å². The number of urea groups is 1. The Balaban J connectivity index is 2.10. The predicted molar refractivity (Wildman–Crippen MR) is 121 cm³/mol. The molecule has 5 atom stereocenters. The van der Waals surface area contributed by atoms with Gasteiger partial charge in [-0.05, 0) is 60.5 Å². The van der Waals surface area contributed by atoms with Crippen LogP contribution in [0.2, 0.25) is 0 Å². The third kappa shape index (κ3) is 3.79. The van der Waals surface area contributed by atoms with Crippen molar-refractivity contribution in [2.75, 3.05) is 6.54 Å². The molecule has 2 fully saturated rings. The van der Waals surface area contributed by atoms with Crippen LogP contribution in [0.4, 0.5) is 4.79 Å². The first-order valence-electron chi connectivity index (χ1n) is 11.5. The van der Waals surface area contributed by atoms with E-state index in [1.807, 2.05) is 6.92 Å². The van der Waals surface area contributed by atoms with Crippen molar-refractivity contribution < 1.29 is 19.8 Å². The van der Waals surface area contributed by atoms with Crippen LogP contribution in [0.25, 0.3) is 0 Å². The molecule has 3 rings (SSSR count). The second-order valence-corrected chi connectivity index (χ2v) is 10.7. The van der Waals surface area contributed by atoms with Crippen molar-refractivity contribution in [3.63, 3.8) is 0 Å². The van der Waals surface area contributed by atoms with Crippen molar-refractivity contribution in [3.8, 4) is 11.5 Å². The van der Waals surface area contributed by atoms with E-state index in [2.05, 4.69) is 45.3 Å². The van der Waals surface area contributed by atoms with Gasteiger partial charge in [0.15, 0.2) is 5.78 Å². The molecule has 0 unspecified atom stereocenters. The monoisotopic (exact) mass is 430 g/mol. The van der Waals surface area contributed by atoms with Gasteiger partial charge in [-0.3, -0.25) is 4.79 Å². The number of Topliss-reactive ketones (excluding diaryl/α,β-unsaturated/α-hetero) is 1. The number of benzene rings is 1. The van der Waals surface area contributed by atoms with Crippen LogP contribution in [0.1, 0.15) is 77.6 Å². The number of phenolic OH excluding ortho intramolecular Hbond substituents is 2. The summed E-state index contributed by atoms with van der Waals surface area (Å²) in [5.74, 6) is -0.764. The molecule has 172 valence electrons. The van der Waals surface area contributed by atoms with Gasteiger partial charge in [-0.15, -0.1) is 0 Å². The molecular weight excluding hydrogens is 392 g/mol. The van der Waals surface area contributed by atoms with E-state index in [-0.39, 0.29) is 57.4 Å². The Morgan fingerprint density at radius 1 is 1.06 bits per heavy atom. The number of hydrogen-bond acceptors (Lipinski definition) is 4. The molecule has 2 saturated carbocycles. The molecule has 0 spiro atoms. The summed E-state index contributed by atoms with van der Waals surface area (Å²) in [5.41, 5.74) is -0.124. The van der Waals surface area contributed by atoms with Gasteiger partial charge in [0.05, 0.1) is 0 Å². The fourth-order valence-corrected chi connectivity index (χ4v) is 6.68. The SMILES string of the molecule is CCNC(=O)N[C@@H]1C[C@@]2(C)C(C)(C)CCC[C@]2(C)[C@@H](C(=O)c2cc(O)cc(O)c2)[C@@H]1C. The van der Waals surface area contributed by atoms with E-state index in [0.717, 1.165) is 25.7 Å². The highest BCUT2D eigenvalue weighted by Gasteiger charge is 2.65. The number of carbonyl (C=O) groups is 2. The van der Waals surface area contributed by atoms with Gasteiger partial charge in [0, 0.05) is 30.1 Å². The smallest absolute Gasteiger partial charge is 0.315 e. The minimum Gasteiger partial charge on any atom is -0.508 e. The van der Waals surface area contributed by atoms with Gasteiger partial charge in [0.2, 0.25) is 0 Å². The van der Waals surface area contributed by atoms with E-state index in [0.29, 0.717) is 12.1 Å². The molecule has 0 bridgehead atoms. The Kier molecular flexibility index (Phi) is 6.07. The predicted octanol–water partition coefficient (Wildman–Crippen LogP) is 4.85. The average molecular weight is 431 g/mol. The van der Waals surface area contributed by atoms with Crippen molar-refractivity contribution in [2.45, 2.75) is 73.3 Å². The normalized spacial score (nSPS) is 34.5. The van der Waals surface area contributed by atoms with Crippen LogP contribution in [0.3, 0.4) is 0 Å². The summed E-state index contributed by atoms with van der Waals surface area (Å²) in [5, 5.41) is 25.9. The molecule has 6 nitrogen and oxygen atoms in total. The number of carbonyl (C=O) groups excluding carboxylic acids is 2. The molecule has 31 heavy (non-hydrogen) atoms. The Morgan fingerprint density at radius 3 is 2.26 bits per heavy atom. The van der Waals surface area contributed by atoms with Crippen LogP contribution in [-0.4, -0.2) is 34.6 Å². The first-order chi connectivity index (χ1) is 14.4. The van der Waals surface area contributed by atoms with Crippen molar-refractivity contribution in [2.24, 2.45) is 28.1 Å². The summed E-state index contributed by atoms with van der Waals surface area (Å²) in [6.07, 6.45) is 3.88. The molecule has 1 aromatic rings. The van der Waals surface area contributed by atoms with Gasteiger partial charge < -0.3 is 20.8 Å². The maximum Gasteiger partial charge on any atom is 0.315 e. The Bertz CT molecular complexity index is 847. The molecule has 0 radical (unpaired) electrons. The highest BCUT2D eigenvalue weighted by molar-refractivity contribution is 5.99. The van der Waals surface area contributed by atoms with Crippen molar-refractivity contribution in [1.82, 2.24) is 10.6 Å². The topological polar surface area (TPSA) is 98.7 Å². The fourth-order valence-electron chi connectivity index (χ4n) is 6.68. The molecule has 4 N–H and O–H groups in total. The summed E-state index contributed by atoms with van der Waals surface area (Å²) in [7, 11) is 0. The molecule has 0 aromatic heterocycles. The minimum atomic E-state index is -0.348. The van der Waals surface area contributed by atoms with Crippen molar-refractivity contribution in [1.29, 1.82) is 0 Å². The van der Waals surface area contributed by atoms with E-state index in [9.17, 15) is 19.8 Å². The number of fused-ring (bicyclic) bond motifs is 1. The molecular formula is C25H38N2O4. The maximum atomic E-state index is 13.9. The molecule has 6 heteroatoms. The first-order valence-corrected chi connectivity index (χ1v) is 11.5. The maximum absolute atomic E-state index is 13.9. The van der Waals surface area contributed by atoms with Gasteiger partial charge in [0.25, 0.3) is 0 Å². The van der Waals surface area contributed by atoms with Crippen LogP contribution in [-0.2, 0) is 0 Å².